The molecule has 0 fully saturated rings. The van der Waals surface area contributed by atoms with Gasteiger partial charge in [-0.1, -0.05) is 36.4 Å². The van der Waals surface area contributed by atoms with Gasteiger partial charge in [0, 0.05) is 11.6 Å². The van der Waals surface area contributed by atoms with E-state index in [-0.39, 0.29) is 0 Å². The van der Waals surface area contributed by atoms with Gasteiger partial charge in [-0.2, -0.15) is 0 Å². The number of carboxylic acid groups (broad SMARTS) is 1. The van der Waals surface area contributed by atoms with Crippen molar-refractivity contribution in [2.45, 2.75) is 13.0 Å². The lowest BCUT2D eigenvalue weighted by atomic mass is 10.1. The summed E-state index contributed by atoms with van der Waals surface area (Å²) in [4.78, 5) is 21.9. The first-order valence-corrected chi connectivity index (χ1v) is 4.67. The highest BCUT2D eigenvalue weighted by molar-refractivity contribution is 5.85. The molecule has 1 atom stereocenters. The lowest BCUT2D eigenvalue weighted by Gasteiger charge is -2.13. The first-order chi connectivity index (χ1) is 7.54. The Morgan fingerprint density at radius 2 is 2.19 bits per heavy atom. The molecule has 0 radical (unpaired) electrons. The van der Waals surface area contributed by atoms with Gasteiger partial charge in [0.15, 0.2) is 0 Å². The maximum Gasteiger partial charge on any atom is 0.349 e. The zero-order chi connectivity index (χ0) is 12.1. The van der Waals surface area contributed by atoms with Crippen LogP contribution < -0.4 is 0 Å². The van der Waals surface area contributed by atoms with E-state index in [9.17, 15) is 9.59 Å². The molecule has 1 aromatic rings. The minimum Gasteiger partial charge on any atom is -0.478 e. The molecule has 0 bridgehead atoms. The third-order valence-corrected chi connectivity index (χ3v) is 1.97. The molecule has 0 aromatic heterocycles. The molecule has 1 N–H and O–H groups in total. The first kappa shape index (κ1) is 12.0. The Hall–Kier alpha value is -2.10. The monoisotopic (exact) mass is 220 g/mol. The van der Waals surface area contributed by atoms with Gasteiger partial charge in [0.05, 0.1) is 0 Å². The summed E-state index contributed by atoms with van der Waals surface area (Å²) in [7, 11) is 0. The Labute approximate surface area is 93.2 Å². The van der Waals surface area contributed by atoms with Gasteiger partial charge in [0.1, 0.15) is 0 Å². The molecule has 1 rings (SSSR count). The van der Waals surface area contributed by atoms with Crippen LogP contribution in [0, 0.1) is 6.92 Å². The first-order valence-electron chi connectivity index (χ1n) is 4.67. The Morgan fingerprint density at radius 1 is 1.50 bits per heavy atom. The van der Waals surface area contributed by atoms with Crippen molar-refractivity contribution >= 4 is 11.9 Å². The van der Waals surface area contributed by atoms with E-state index in [4.69, 9.17) is 9.84 Å². The van der Waals surface area contributed by atoms with Gasteiger partial charge in [0.25, 0.3) is 0 Å². The molecule has 0 saturated carbocycles. The topological polar surface area (TPSA) is 63.6 Å². The number of carbonyl (C=O) groups excluding carboxylic acids is 1. The van der Waals surface area contributed by atoms with Gasteiger partial charge < -0.3 is 9.84 Å². The fraction of sp³-hybridized carbons (Fsp3) is 0.167. The molecule has 16 heavy (non-hydrogen) atoms. The van der Waals surface area contributed by atoms with Gasteiger partial charge in [-0.05, 0) is 6.92 Å². The van der Waals surface area contributed by atoms with Crippen LogP contribution in [-0.4, -0.2) is 17.0 Å². The van der Waals surface area contributed by atoms with Crippen molar-refractivity contribution in [2.24, 2.45) is 0 Å². The smallest absolute Gasteiger partial charge is 0.349 e. The highest BCUT2D eigenvalue weighted by Gasteiger charge is 2.23. The number of hydrogen-bond acceptors (Lipinski definition) is 3. The maximum atomic E-state index is 11.0. The van der Waals surface area contributed by atoms with Crippen molar-refractivity contribution in [3.63, 3.8) is 0 Å². The van der Waals surface area contributed by atoms with Crippen LogP contribution in [0.15, 0.2) is 36.9 Å². The van der Waals surface area contributed by atoms with Gasteiger partial charge in [-0.25, -0.2) is 9.59 Å². The minimum atomic E-state index is -1.29. The second kappa shape index (κ2) is 5.11. The fourth-order valence-corrected chi connectivity index (χ4v) is 1.26. The Bertz CT molecular complexity index is 423. The number of carbonyl (C=O) groups is 2. The second-order valence-electron chi connectivity index (χ2n) is 3.27. The average molecular weight is 220 g/mol. The lowest BCUT2D eigenvalue weighted by molar-refractivity contribution is -0.161. The predicted molar refractivity (Wildman–Crippen MR) is 57.8 cm³/mol. The third kappa shape index (κ3) is 2.95. The Morgan fingerprint density at radius 3 is 2.69 bits per heavy atom. The molecule has 0 aliphatic carbocycles. The van der Waals surface area contributed by atoms with Crippen molar-refractivity contribution in [3.05, 3.63) is 48.0 Å². The third-order valence-electron chi connectivity index (χ3n) is 1.97. The molecular weight excluding hydrogens is 208 g/mol. The average Bonchev–Trinajstić information content (AvgIpc) is 2.25. The van der Waals surface area contributed by atoms with Crippen LogP contribution in [0.4, 0.5) is 0 Å². The van der Waals surface area contributed by atoms with Crippen LogP contribution in [0.3, 0.4) is 0 Å². The standard InChI is InChI=1S/C12H12O4/c1-3-10(13)16-11(12(14)15)9-6-4-5-8(2)7-9/h3-7,11H,1H2,2H3,(H,14,15). The summed E-state index contributed by atoms with van der Waals surface area (Å²) >= 11 is 0. The molecule has 1 aromatic carbocycles. The lowest BCUT2D eigenvalue weighted by Crippen LogP contribution is -2.18. The molecule has 0 aliphatic rings. The van der Waals surface area contributed by atoms with Crippen molar-refractivity contribution in [3.8, 4) is 0 Å². The molecule has 84 valence electrons. The van der Waals surface area contributed by atoms with E-state index in [1.165, 1.54) is 0 Å². The molecule has 0 aliphatic heterocycles. The molecular formula is C12H12O4. The molecule has 0 heterocycles. The van der Waals surface area contributed by atoms with E-state index >= 15 is 0 Å². The molecule has 0 amide bonds. The predicted octanol–water partition coefficient (Wildman–Crippen LogP) is 1.85. The number of hydrogen-bond donors (Lipinski definition) is 1. The highest BCUT2D eigenvalue weighted by atomic mass is 16.6. The van der Waals surface area contributed by atoms with Gasteiger partial charge in [-0.15, -0.1) is 0 Å². The summed E-state index contributed by atoms with van der Waals surface area (Å²) < 4.78 is 4.75. The molecule has 0 spiro atoms. The van der Waals surface area contributed by atoms with Crippen LogP contribution >= 0.6 is 0 Å². The van der Waals surface area contributed by atoms with E-state index in [0.29, 0.717) is 5.56 Å². The number of rotatable bonds is 4. The van der Waals surface area contributed by atoms with Gasteiger partial charge >= 0.3 is 11.9 Å². The molecule has 4 heteroatoms. The Kier molecular flexibility index (Phi) is 3.83. The fourth-order valence-electron chi connectivity index (χ4n) is 1.26. The van der Waals surface area contributed by atoms with Crippen LogP contribution in [0.2, 0.25) is 0 Å². The van der Waals surface area contributed by atoms with E-state index in [1.807, 2.05) is 13.0 Å². The number of aryl methyl sites for hydroxylation is 1. The summed E-state index contributed by atoms with van der Waals surface area (Å²) in [6, 6.07) is 6.80. The molecule has 1 unspecified atom stereocenters. The second-order valence-corrected chi connectivity index (χ2v) is 3.27. The normalized spacial score (nSPS) is 11.6. The van der Waals surface area contributed by atoms with Crippen LogP contribution in [-0.2, 0) is 14.3 Å². The van der Waals surface area contributed by atoms with Gasteiger partial charge in [-0.3, -0.25) is 0 Å². The zero-order valence-corrected chi connectivity index (χ0v) is 8.84. The van der Waals surface area contributed by atoms with E-state index in [1.54, 1.807) is 18.2 Å². The minimum absolute atomic E-state index is 0.433. The van der Waals surface area contributed by atoms with Crippen molar-refractivity contribution in [1.82, 2.24) is 0 Å². The number of aliphatic carboxylic acids is 1. The highest BCUT2D eigenvalue weighted by Crippen LogP contribution is 2.19. The number of esters is 1. The quantitative estimate of drug-likeness (QED) is 0.621. The maximum absolute atomic E-state index is 11.0. The number of benzene rings is 1. The molecule has 4 nitrogen and oxygen atoms in total. The van der Waals surface area contributed by atoms with Crippen LogP contribution in [0.1, 0.15) is 17.2 Å². The van der Waals surface area contributed by atoms with Crippen molar-refractivity contribution in [2.75, 3.05) is 0 Å². The van der Waals surface area contributed by atoms with E-state index < -0.39 is 18.0 Å². The number of carboxylic acids is 1. The number of ether oxygens (including phenoxy) is 1. The Balaban J connectivity index is 2.98. The molecule has 0 saturated heterocycles. The summed E-state index contributed by atoms with van der Waals surface area (Å²) in [5.41, 5.74) is 1.33. The van der Waals surface area contributed by atoms with E-state index in [0.717, 1.165) is 11.6 Å². The summed E-state index contributed by atoms with van der Waals surface area (Å²) in [5.74, 6) is -1.96. The summed E-state index contributed by atoms with van der Waals surface area (Å²) in [6.07, 6.45) is -0.350. The zero-order valence-electron chi connectivity index (χ0n) is 8.84. The van der Waals surface area contributed by atoms with Crippen molar-refractivity contribution < 1.29 is 19.4 Å². The van der Waals surface area contributed by atoms with Gasteiger partial charge in [0.2, 0.25) is 6.10 Å². The van der Waals surface area contributed by atoms with Crippen LogP contribution in [0.5, 0.6) is 0 Å². The SMILES string of the molecule is C=CC(=O)OC(C(=O)O)c1cccc(C)c1. The van der Waals surface area contributed by atoms with E-state index in [2.05, 4.69) is 6.58 Å². The summed E-state index contributed by atoms with van der Waals surface area (Å²) in [5, 5.41) is 8.95. The van der Waals surface area contributed by atoms with Crippen LogP contribution in [0.25, 0.3) is 0 Å². The summed E-state index contributed by atoms with van der Waals surface area (Å²) in [6.45, 7) is 5.05. The largest absolute Gasteiger partial charge is 0.478 e. The van der Waals surface area contributed by atoms with Crippen molar-refractivity contribution in [1.29, 1.82) is 0 Å².